The SMILES string of the molecule is O=C1CC[C@@]2(O)[C@H]3Cc4ccc(O)c5c4[C@@]2(CC[NH+]3CC2CC2)C1O5.[Cl-]. The van der Waals surface area contributed by atoms with Crippen molar-refractivity contribution in [3.63, 3.8) is 0 Å². The van der Waals surface area contributed by atoms with Crippen molar-refractivity contribution >= 4 is 5.78 Å². The highest BCUT2D eigenvalue weighted by Crippen LogP contribution is 2.62. The van der Waals surface area contributed by atoms with Crippen LogP contribution in [0.4, 0.5) is 0 Å². The largest absolute Gasteiger partial charge is 1.00 e. The minimum atomic E-state index is -0.903. The molecule has 6 heteroatoms. The quantitative estimate of drug-likeness (QED) is 0.517. The fourth-order valence-electron chi connectivity index (χ4n) is 6.49. The van der Waals surface area contributed by atoms with Crippen LogP contribution in [-0.2, 0) is 16.6 Å². The van der Waals surface area contributed by atoms with Gasteiger partial charge in [-0.05, 0) is 30.9 Å². The molecule has 5 nitrogen and oxygen atoms in total. The van der Waals surface area contributed by atoms with Crippen molar-refractivity contribution in [2.24, 2.45) is 5.92 Å². The summed E-state index contributed by atoms with van der Waals surface area (Å²) in [6.07, 6.45) is 4.49. The Labute approximate surface area is 158 Å². The van der Waals surface area contributed by atoms with E-state index in [0.29, 0.717) is 18.6 Å². The minimum Gasteiger partial charge on any atom is -1.00 e. The molecule has 26 heavy (non-hydrogen) atoms. The second-order valence-corrected chi connectivity index (χ2v) is 8.87. The molecular weight excluding hydrogens is 354 g/mol. The molecule has 3 N–H and O–H groups in total. The second kappa shape index (κ2) is 5.15. The fraction of sp³-hybridized carbons (Fsp3) is 0.650. The number of nitrogens with one attached hydrogen (secondary N) is 1. The third-order valence-corrected chi connectivity index (χ3v) is 7.75. The van der Waals surface area contributed by atoms with Crippen LogP contribution in [0, 0.1) is 5.92 Å². The van der Waals surface area contributed by atoms with E-state index in [-0.39, 0.29) is 30.0 Å². The fourth-order valence-corrected chi connectivity index (χ4v) is 6.49. The van der Waals surface area contributed by atoms with Gasteiger partial charge >= 0.3 is 0 Å². The van der Waals surface area contributed by atoms with Crippen LogP contribution in [0.5, 0.6) is 11.5 Å². The number of Topliss-reactive ketones (excluding diaryl/α,β-unsaturated/α-hetero) is 1. The number of carbonyl (C=O) groups is 1. The van der Waals surface area contributed by atoms with Gasteiger partial charge in [0.2, 0.25) is 0 Å². The molecule has 0 amide bonds. The monoisotopic (exact) mass is 377 g/mol. The summed E-state index contributed by atoms with van der Waals surface area (Å²) < 4.78 is 6.05. The van der Waals surface area contributed by atoms with E-state index in [1.54, 1.807) is 6.07 Å². The average molecular weight is 378 g/mol. The van der Waals surface area contributed by atoms with Crippen LogP contribution in [0.15, 0.2) is 12.1 Å². The summed E-state index contributed by atoms with van der Waals surface area (Å²) in [6.45, 7) is 2.12. The van der Waals surface area contributed by atoms with Crippen LogP contribution < -0.4 is 22.0 Å². The standard InChI is InChI=1S/C20H23NO4.ClH/c22-13-4-3-12-9-15-20(24)6-5-14(23)18-19(20,16(12)17(13)25-18)7-8-21(15)10-11-1-2-11;/h3-4,11,15,18,22,24H,1-2,5-10H2;1H/t15-,18?,19+,20-;/m1./s1. The van der Waals surface area contributed by atoms with Crippen molar-refractivity contribution in [2.45, 2.75) is 61.7 Å². The number of ether oxygens (including phenoxy) is 1. The first-order chi connectivity index (χ1) is 12.0. The van der Waals surface area contributed by atoms with Crippen molar-refractivity contribution < 1.29 is 37.1 Å². The molecule has 1 aromatic carbocycles. The van der Waals surface area contributed by atoms with Crippen LogP contribution in [0.2, 0.25) is 0 Å². The van der Waals surface area contributed by atoms with E-state index < -0.39 is 17.1 Å². The summed E-state index contributed by atoms with van der Waals surface area (Å²) in [6, 6.07) is 3.80. The molecule has 5 aliphatic rings. The maximum absolute atomic E-state index is 12.7. The molecule has 0 radical (unpaired) electrons. The molecule has 1 saturated heterocycles. The lowest BCUT2D eigenvalue weighted by molar-refractivity contribution is -0.943. The van der Waals surface area contributed by atoms with Gasteiger partial charge in [0, 0.05) is 30.7 Å². The lowest BCUT2D eigenvalue weighted by atomic mass is 9.49. The van der Waals surface area contributed by atoms with Gasteiger partial charge in [-0.2, -0.15) is 0 Å². The van der Waals surface area contributed by atoms with Gasteiger partial charge in [0.15, 0.2) is 23.4 Å². The van der Waals surface area contributed by atoms with Crippen molar-refractivity contribution in [2.75, 3.05) is 13.1 Å². The third-order valence-electron chi connectivity index (χ3n) is 7.75. The van der Waals surface area contributed by atoms with E-state index in [2.05, 4.69) is 0 Å². The van der Waals surface area contributed by atoms with Gasteiger partial charge in [0.05, 0.1) is 18.5 Å². The highest BCUT2D eigenvalue weighted by Gasteiger charge is 2.75. The number of phenols is 1. The topological polar surface area (TPSA) is 71.2 Å². The molecule has 6 rings (SSSR count). The van der Waals surface area contributed by atoms with Crippen molar-refractivity contribution in [1.29, 1.82) is 0 Å². The molecule has 5 atom stereocenters. The first-order valence-corrected chi connectivity index (χ1v) is 9.66. The highest BCUT2D eigenvalue weighted by atomic mass is 35.5. The van der Waals surface area contributed by atoms with E-state index in [9.17, 15) is 15.0 Å². The molecule has 2 heterocycles. The van der Waals surface area contributed by atoms with Gasteiger partial charge in [-0.1, -0.05) is 6.07 Å². The molecule has 3 aliphatic carbocycles. The number of halogens is 1. The number of phenolic OH excluding ortho intramolecular Hbond substituents is 1. The molecule has 3 fully saturated rings. The Balaban J connectivity index is 0.00000150. The van der Waals surface area contributed by atoms with Gasteiger partial charge in [-0.25, -0.2) is 0 Å². The van der Waals surface area contributed by atoms with E-state index in [0.717, 1.165) is 43.0 Å². The van der Waals surface area contributed by atoms with Crippen LogP contribution >= 0.6 is 0 Å². The number of ketones is 1. The highest BCUT2D eigenvalue weighted by molar-refractivity contribution is 5.89. The lowest BCUT2D eigenvalue weighted by Gasteiger charge is -2.60. The molecule has 0 aromatic heterocycles. The molecule has 2 saturated carbocycles. The molecular formula is C20H24ClNO4. The van der Waals surface area contributed by atoms with Crippen LogP contribution in [-0.4, -0.2) is 46.8 Å². The summed E-state index contributed by atoms with van der Waals surface area (Å²) >= 11 is 0. The number of hydrogen-bond acceptors (Lipinski definition) is 4. The van der Waals surface area contributed by atoms with E-state index >= 15 is 0 Å². The van der Waals surface area contributed by atoms with Gasteiger partial charge < -0.3 is 32.3 Å². The number of benzene rings is 1. The molecule has 2 unspecified atom stereocenters. The zero-order valence-electron chi connectivity index (χ0n) is 14.6. The summed E-state index contributed by atoms with van der Waals surface area (Å²) in [5.74, 6) is 1.45. The Bertz CT molecular complexity index is 809. The second-order valence-electron chi connectivity index (χ2n) is 8.87. The van der Waals surface area contributed by atoms with Crippen molar-refractivity contribution in [3.8, 4) is 11.5 Å². The summed E-state index contributed by atoms with van der Waals surface area (Å²) in [4.78, 5) is 14.2. The molecule has 1 aromatic rings. The van der Waals surface area contributed by atoms with Crippen molar-refractivity contribution in [1.82, 2.24) is 0 Å². The normalized spacial score (nSPS) is 41.9. The van der Waals surface area contributed by atoms with Gasteiger partial charge in [-0.3, -0.25) is 4.79 Å². The Hall–Kier alpha value is -1.30. The van der Waals surface area contributed by atoms with Crippen LogP contribution in [0.1, 0.15) is 43.2 Å². The molecule has 1 spiro atoms. The van der Waals surface area contributed by atoms with Crippen LogP contribution in [0.3, 0.4) is 0 Å². The smallest absolute Gasteiger partial charge is 0.174 e. The Morgan fingerprint density at radius 3 is 2.85 bits per heavy atom. The minimum absolute atomic E-state index is 0. The number of aliphatic hydroxyl groups is 1. The Morgan fingerprint density at radius 1 is 1.27 bits per heavy atom. The van der Waals surface area contributed by atoms with E-state index in [1.807, 2.05) is 6.07 Å². The summed E-state index contributed by atoms with van der Waals surface area (Å²) in [7, 11) is 0. The average Bonchev–Trinajstić information content (AvgIpc) is 3.32. The first kappa shape index (κ1) is 16.8. The van der Waals surface area contributed by atoms with E-state index in [4.69, 9.17) is 4.74 Å². The third kappa shape index (κ3) is 1.77. The van der Waals surface area contributed by atoms with E-state index in [1.165, 1.54) is 17.7 Å². The zero-order valence-corrected chi connectivity index (χ0v) is 15.4. The number of rotatable bonds is 2. The number of hydrogen-bond donors (Lipinski definition) is 3. The predicted octanol–water partition coefficient (Wildman–Crippen LogP) is -2.89. The zero-order chi connectivity index (χ0) is 17.0. The maximum Gasteiger partial charge on any atom is 0.174 e. The first-order valence-electron chi connectivity index (χ1n) is 9.66. The summed E-state index contributed by atoms with van der Waals surface area (Å²) in [5, 5.41) is 22.3. The molecule has 2 aliphatic heterocycles. The number of piperidine rings is 1. The van der Waals surface area contributed by atoms with Gasteiger partial charge in [-0.15, -0.1) is 0 Å². The number of aromatic hydroxyl groups is 1. The van der Waals surface area contributed by atoms with Gasteiger partial charge in [0.25, 0.3) is 0 Å². The number of carbonyl (C=O) groups excluding carboxylic acids is 1. The molecule has 2 bridgehead atoms. The van der Waals surface area contributed by atoms with Crippen LogP contribution in [0.25, 0.3) is 0 Å². The van der Waals surface area contributed by atoms with Gasteiger partial charge in [0.1, 0.15) is 11.6 Å². The Kier molecular flexibility index (Phi) is 3.34. The van der Waals surface area contributed by atoms with Crippen molar-refractivity contribution in [3.05, 3.63) is 23.3 Å². The maximum atomic E-state index is 12.7. The number of quaternary nitrogens is 1. The predicted molar refractivity (Wildman–Crippen MR) is 88.9 cm³/mol. The summed E-state index contributed by atoms with van der Waals surface area (Å²) in [5.41, 5.74) is 0.546. The lowest BCUT2D eigenvalue weighted by Crippen LogP contribution is -3.21. The molecule has 140 valence electrons. The Morgan fingerprint density at radius 2 is 2.08 bits per heavy atom. The number of likely N-dealkylation sites (tertiary alicyclic amines) is 1.